The summed E-state index contributed by atoms with van der Waals surface area (Å²) in [5.74, 6) is -0.0347. The van der Waals surface area contributed by atoms with Crippen LogP contribution in [0, 0.1) is 0 Å². The Morgan fingerprint density at radius 2 is 1.12 bits per heavy atom. The van der Waals surface area contributed by atoms with Crippen molar-refractivity contribution < 1.29 is 9.53 Å². The second-order valence-electron chi connectivity index (χ2n) is 6.85. The van der Waals surface area contributed by atoms with E-state index in [-0.39, 0.29) is 5.97 Å². The fourth-order valence-corrected chi connectivity index (χ4v) is 2.93. The standard InChI is InChI=1S/C22H42O2/c1-3-5-6-7-8-9-10-11-12-13-14-15-16-17-18-19-20-21-22(23)24-4-2/h9-10H,3-8,11-21H2,1-2H3/b10-9-. The average Bonchev–Trinajstić information content (AvgIpc) is 2.58. The van der Waals surface area contributed by atoms with Gasteiger partial charge in [0.25, 0.3) is 0 Å². The highest BCUT2D eigenvalue weighted by atomic mass is 16.5. The van der Waals surface area contributed by atoms with Crippen LogP contribution in [0.1, 0.15) is 117 Å². The number of rotatable bonds is 18. The number of hydrogen-bond donors (Lipinski definition) is 0. The van der Waals surface area contributed by atoms with Gasteiger partial charge in [-0.05, 0) is 39.0 Å². The molecule has 142 valence electrons. The Bertz CT molecular complexity index is 284. The molecule has 0 heterocycles. The molecule has 0 aliphatic heterocycles. The first-order chi connectivity index (χ1) is 11.8. The number of carbonyl (C=O) groups is 1. The maximum Gasteiger partial charge on any atom is 0.305 e. The maximum atomic E-state index is 11.2. The first-order valence-electron chi connectivity index (χ1n) is 10.6. The van der Waals surface area contributed by atoms with Crippen LogP contribution in [0.15, 0.2) is 12.2 Å². The van der Waals surface area contributed by atoms with Crippen LogP contribution in [-0.2, 0) is 9.53 Å². The van der Waals surface area contributed by atoms with Gasteiger partial charge in [0.05, 0.1) is 6.61 Å². The normalized spacial score (nSPS) is 11.2. The molecule has 2 heteroatoms. The van der Waals surface area contributed by atoms with Gasteiger partial charge in [-0.1, -0.05) is 83.3 Å². The summed E-state index contributed by atoms with van der Waals surface area (Å²) < 4.78 is 4.93. The van der Waals surface area contributed by atoms with E-state index in [0.29, 0.717) is 13.0 Å². The Labute approximate surface area is 151 Å². The highest BCUT2D eigenvalue weighted by Gasteiger charge is 2.00. The quantitative estimate of drug-likeness (QED) is 0.148. The molecule has 0 aromatic carbocycles. The van der Waals surface area contributed by atoms with Gasteiger partial charge in [-0.2, -0.15) is 0 Å². The van der Waals surface area contributed by atoms with Crippen molar-refractivity contribution in [3.8, 4) is 0 Å². The number of esters is 1. The first kappa shape index (κ1) is 23.2. The molecule has 0 fully saturated rings. The minimum atomic E-state index is -0.0347. The Kier molecular flexibility index (Phi) is 19.6. The Hall–Kier alpha value is -0.790. The van der Waals surface area contributed by atoms with Crippen molar-refractivity contribution in [1.29, 1.82) is 0 Å². The summed E-state index contributed by atoms with van der Waals surface area (Å²) in [7, 11) is 0. The molecule has 0 aromatic heterocycles. The van der Waals surface area contributed by atoms with Crippen LogP contribution in [0.3, 0.4) is 0 Å². The molecule has 0 spiro atoms. The summed E-state index contributed by atoms with van der Waals surface area (Å²) in [4.78, 5) is 11.2. The third kappa shape index (κ3) is 19.3. The van der Waals surface area contributed by atoms with Crippen molar-refractivity contribution in [2.45, 2.75) is 117 Å². The number of carbonyl (C=O) groups excluding carboxylic acids is 1. The van der Waals surface area contributed by atoms with Crippen LogP contribution in [0.2, 0.25) is 0 Å². The molecule has 0 saturated carbocycles. The van der Waals surface area contributed by atoms with Crippen molar-refractivity contribution in [2.75, 3.05) is 6.61 Å². The molecule has 0 unspecified atom stereocenters. The van der Waals surface area contributed by atoms with Gasteiger partial charge in [0.1, 0.15) is 0 Å². The van der Waals surface area contributed by atoms with E-state index in [1.54, 1.807) is 0 Å². The van der Waals surface area contributed by atoms with E-state index in [1.165, 1.54) is 89.9 Å². The Morgan fingerprint density at radius 1 is 0.667 bits per heavy atom. The van der Waals surface area contributed by atoms with E-state index in [4.69, 9.17) is 4.74 Å². The Morgan fingerprint density at radius 3 is 1.62 bits per heavy atom. The van der Waals surface area contributed by atoms with E-state index >= 15 is 0 Å². The lowest BCUT2D eigenvalue weighted by Gasteiger charge is -2.03. The lowest BCUT2D eigenvalue weighted by atomic mass is 10.1. The molecule has 0 aliphatic carbocycles. The van der Waals surface area contributed by atoms with E-state index in [1.807, 2.05) is 6.92 Å². The molecule has 0 N–H and O–H groups in total. The maximum absolute atomic E-state index is 11.2. The van der Waals surface area contributed by atoms with Gasteiger partial charge < -0.3 is 4.74 Å². The summed E-state index contributed by atoms with van der Waals surface area (Å²) in [5, 5.41) is 0. The van der Waals surface area contributed by atoms with Crippen LogP contribution < -0.4 is 0 Å². The SMILES string of the molecule is CCCCCC/C=C\CCCCCCCCCCCC(=O)OCC. The van der Waals surface area contributed by atoms with E-state index in [9.17, 15) is 4.79 Å². The van der Waals surface area contributed by atoms with Gasteiger partial charge in [0.15, 0.2) is 0 Å². The predicted octanol–water partition coefficient (Wildman–Crippen LogP) is 7.37. The molecule has 24 heavy (non-hydrogen) atoms. The van der Waals surface area contributed by atoms with E-state index in [2.05, 4.69) is 19.1 Å². The third-order valence-electron chi connectivity index (χ3n) is 4.45. The highest BCUT2D eigenvalue weighted by molar-refractivity contribution is 5.69. The second kappa shape index (κ2) is 20.3. The van der Waals surface area contributed by atoms with Crippen molar-refractivity contribution in [1.82, 2.24) is 0 Å². The minimum absolute atomic E-state index is 0.0347. The topological polar surface area (TPSA) is 26.3 Å². The summed E-state index contributed by atoms with van der Waals surface area (Å²) in [6, 6.07) is 0. The molecule has 0 atom stereocenters. The first-order valence-corrected chi connectivity index (χ1v) is 10.6. The molecular weight excluding hydrogens is 296 g/mol. The zero-order valence-electron chi connectivity index (χ0n) is 16.5. The predicted molar refractivity (Wildman–Crippen MR) is 105 cm³/mol. The zero-order valence-corrected chi connectivity index (χ0v) is 16.5. The molecule has 0 amide bonds. The van der Waals surface area contributed by atoms with Crippen molar-refractivity contribution in [2.24, 2.45) is 0 Å². The summed E-state index contributed by atoms with van der Waals surface area (Å²) in [5.41, 5.74) is 0. The lowest BCUT2D eigenvalue weighted by molar-refractivity contribution is -0.143. The molecule has 0 rings (SSSR count). The molecular formula is C22H42O2. The number of unbranched alkanes of at least 4 members (excludes halogenated alkanes) is 13. The van der Waals surface area contributed by atoms with Crippen LogP contribution in [0.5, 0.6) is 0 Å². The lowest BCUT2D eigenvalue weighted by Crippen LogP contribution is -2.03. The number of hydrogen-bond acceptors (Lipinski definition) is 2. The van der Waals surface area contributed by atoms with Crippen LogP contribution >= 0.6 is 0 Å². The molecule has 0 saturated heterocycles. The van der Waals surface area contributed by atoms with Gasteiger partial charge in [-0.25, -0.2) is 0 Å². The van der Waals surface area contributed by atoms with Crippen molar-refractivity contribution in [3.05, 3.63) is 12.2 Å². The smallest absolute Gasteiger partial charge is 0.305 e. The van der Waals surface area contributed by atoms with Crippen molar-refractivity contribution >= 4 is 5.97 Å². The average molecular weight is 339 g/mol. The van der Waals surface area contributed by atoms with Crippen LogP contribution in [-0.4, -0.2) is 12.6 Å². The summed E-state index contributed by atoms with van der Waals surface area (Å²) in [6.45, 7) is 4.64. The molecule has 0 aromatic rings. The summed E-state index contributed by atoms with van der Waals surface area (Å²) >= 11 is 0. The van der Waals surface area contributed by atoms with Crippen LogP contribution in [0.4, 0.5) is 0 Å². The fraction of sp³-hybridized carbons (Fsp3) is 0.864. The van der Waals surface area contributed by atoms with Gasteiger partial charge in [0, 0.05) is 6.42 Å². The molecule has 0 aliphatic rings. The second-order valence-corrected chi connectivity index (χ2v) is 6.85. The Balaban J connectivity index is 3.10. The monoisotopic (exact) mass is 338 g/mol. The molecule has 0 radical (unpaired) electrons. The van der Waals surface area contributed by atoms with Gasteiger partial charge in [-0.15, -0.1) is 0 Å². The zero-order chi connectivity index (χ0) is 17.7. The minimum Gasteiger partial charge on any atom is -0.466 e. The molecule has 2 nitrogen and oxygen atoms in total. The summed E-state index contributed by atoms with van der Waals surface area (Å²) in [6.07, 6.45) is 25.0. The van der Waals surface area contributed by atoms with Gasteiger partial charge in [0.2, 0.25) is 0 Å². The van der Waals surface area contributed by atoms with Gasteiger partial charge >= 0.3 is 5.97 Å². The fourth-order valence-electron chi connectivity index (χ4n) is 2.93. The van der Waals surface area contributed by atoms with Crippen molar-refractivity contribution in [3.63, 3.8) is 0 Å². The van der Waals surface area contributed by atoms with Gasteiger partial charge in [-0.3, -0.25) is 4.79 Å². The van der Waals surface area contributed by atoms with Crippen LogP contribution in [0.25, 0.3) is 0 Å². The number of allylic oxidation sites excluding steroid dienone is 2. The molecule has 0 bridgehead atoms. The van der Waals surface area contributed by atoms with E-state index < -0.39 is 0 Å². The third-order valence-corrected chi connectivity index (χ3v) is 4.45. The number of ether oxygens (including phenoxy) is 1. The highest BCUT2D eigenvalue weighted by Crippen LogP contribution is 2.12. The largest absolute Gasteiger partial charge is 0.466 e. The van der Waals surface area contributed by atoms with E-state index in [0.717, 1.165) is 6.42 Å².